The quantitative estimate of drug-likeness (QED) is 0.113. The van der Waals surface area contributed by atoms with E-state index in [1.807, 2.05) is 0 Å². The molecule has 1 saturated heterocycles. The van der Waals surface area contributed by atoms with E-state index in [0.717, 1.165) is 45.3 Å². The van der Waals surface area contributed by atoms with Crippen molar-refractivity contribution < 1.29 is 19.6 Å². The Bertz CT molecular complexity index is 1140. The fourth-order valence-electron chi connectivity index (χ4n) is 4.59. The van der Waals surface area contributed by atoms with Crippen LogP contribution in [0.1, 0.15) is 63.1 Å². The second-order valence-electron chi connectivity index (χ2n) is 9.22. The van der Waals surface area contributed by atoms with Gasteiger partial charge >= 0.3 is 0 Å². The van der Waals surface area contributed by atoms with Crippen LogP contribution in [-0.2, 0) is 9.59 Å². The van der Waals surface area contributed by atoms with Gasteiger partial charge in [0.1, 0.15) is 5.76 Å². The number of benzene rings is 2. The van der Waals surface area contributed by atoms with Crippen LogP contribution in [-0.4, -0.2) is 57.7 Å². The Morgan fingerprint density at radius 2 is 1.59 bits per heavy atom. The summed E-state index contributed by atoms with van der Waals surface area (Å²) in [6.45, 7) is 7.41. The third-order valence-corrected chi connectivity index (χ3v) is 6.96. The van der Waals surface area contributed by atoms with Crippen LogP contribution in [0.15, 0.2) is 54.1 Å². The van der Waals surface area contributed by atoms with Crippen molar-refractivity contribution in [2.75, 3.05) is 26.2 Å². The lowest BCUT2D eigenvalue weighted by Gasteiger charge is -2.28. The summed E-state index contributed by atoms with van der Waals surface area (Å²) < 4.78 is 0. The van der Waals surface area contributed by atoms with E-state index in [1.165, 1.54) is 29.2 Å². The second kappa shape index (κ2) is 13.4. The van der Waals surface area contributed by atoms with Crippen LogP contribution in [0.5, 0.6) is 0 Å². The van der Waals surface area contributed by atoms with E-state index in [4.69, 9.17) is 11.6 Å². The highest BCUT2D eigenvalue weighted by molar-refractivity contribution is 6.47. The van der Waals surface area contributed by atoms with Gasteiger partial charge in [-0.05, 0) is 62.7 Å². The highest BCUT2D eigenvalue weighted by atomic mass is 35.5. The molecule has 1 fully saturated rings. The zero-order valence-corrected chi connectivity index (χ0v) is 22.1. The van der Waals surface area contributed by atoms with Gasteiger partial charge in [-0.2, -0.15) is 0 Å². The Balaban J connectivity index is 1.94. The molecule has 0 bridgehead atoms. The van der Waals surface area contributed by atoms with Crippen molar-refractivity contribution in [3.63, 3.8) is 0 Å². The number of amides is 1. The minimum Gasteiger partial charge on any atom is -0.507 e. The summed E-state index contributed by atoms with van der Waals surface area (Å²) in [6.07, 6.45) is 5.07. The average molecular weight is 528 g/mol. The van der Waals surface area contributed by atoms with Gasteiger partial charge in [-0.25, -0.2) is 0 Å². The molecular weight excluding hydrogens is 494 g/mol. The molecule has 9 heteroatoms. The maximum Gasteiger partial charge on any atom is 0.295 e. The number of aliphatic hydroxyl groups excluding tert-OH is 1. The van der Waals surface area contributed by atoms with Crippen LogP contribution in [0.3, 0.4) is 0 Å². The number of non-ortho nitro benzene ring substituents is 1. The van der Waals surface area contributed by atoms with Gasteiger partial charge in [-0.15, -0.1) is 0 Å². The lowest BCUT2D eigenvalue weighted by Crippen LogP contribution is -2.34. The summed E-state index contributed by atoms with van der Waals surface area (Å²) in [4.78, 5) is 40.8. The first kappa shape index (κ1) is 28.3. The van der Waals surface area contributed by atoms with Crippen molar-refractivity contribution in [2.24, 2.45) is 0 Å². The molecule has 37 heavy (non-hydrogen) atoms. The fraction of sp³-hybridized carbons (Fsp3) is 0.429. The van der Waals surface area contributed by atoms with E-state index in [2.05, 4.69) is 18.7 Å². The number of halogens is 1. The number of hydrogen-bond acceptors (Lipinski definition) is 6. The van der Waals surface area contributed by atoms with Crippen molar-refractivity contribution in [2.45, 2.75) is 52.0 Å². The largest absolute Gasteiger partial charge is 0.507 e. The number of rotatable bonds is 13. The van der Waals surface area contributed by atoms with Crippen molar-refractivity contribution >= 4 is 34.7 Å². The number of carbonyl (C=O) groups is 2. The number of hydrogen-bond donors (Lipinski definition) is 1. The Morgan fingerprint density at radius 3 is 2.16 bits per heavy atom. The number of nitro groups is 1. The van der Waals surface area contributed by atoms with E-state index in [-0.39, 0.29) is 22.6 Å². The van der Waals surface area contributed by atoms with Gasteiger partial charge in [0.15, 0.2) is 0 Å². The van der Waals surface area contributed by atoms with Gasteiger partial charge in [0, 0.05) is 29.3 Å². The molecule has 1 atom stereocenters. The SMILES string of the molecule is CCCCN(CCCC)CCCN1C(=O)C(=O)C(=C(O)c2ccc([N+](=O)[O-])cc2)[C@@H]1c1ccccc1Cl. The van der Waals surface area contributed by atoms with Gasteiger partial charge in [-0.3, -0.25) is 19.7 Å². The third kappa shape index (κ3) is 6.76. The number of Topliss-reactive ketones (excluding diaryl/α,β-unsaturated/α-hetero) is 1. The van der Waals surface area contributed by atoms with Crippen molar-refractivity contribution in [1.29, 1.82) is 0 Å². The topological polar surface area (TPSA) is 104 Å². The molecule has 0 spiro atoms. The van der Waals surface area contributed by atoms with E-state index in [1.54, 1.807) is 24.3 Å². The second-order valence-corrected chi connectivity index (χ2v) is 9.63. The number of unbranched alkanes of at least 4 members (excludes halogenated alkanes) is 2. The molecule has 2 aromatic rings. The molecule has 0 aliphatic carbocycles. The number of nitro benzene ring substituents is 1. The van der Waals surface area contributed by atoms with Gasteiger partial charge in [0.25, 0.3) is 17.4 Å². The van der Waals surface area contributed by atoms with Crippen LogP contribution in [0, 0.1) is 10.1 Å². The molecule has 198 valence electrons. The molecule has 0 unspecified atom stereocenters. The van der Waals surface area contributed by atoms with Crippen molar-refractivity contribution in [3.8, 4) is 0 Å². The monoisotopic (exact) mass is 527 g/mol. The molecule has 0 saturated carbocycles. The Morgan fingerprint density at radius 1 is 1.00 bits per heavy atom. The molecule has 1 heterocycles. The van der Waals surface area contributed by atoms with Gasteiger partial charge < -0.3 is 14.9 Å². The van der Waals surface area contributed by atoms with E-state index < -0.39 is 22.7 Å². The Hall–Kier alpha value is -3.23. The predicted molar refractivity (Wildman–Crippen MR) is 144 cm³/mol. The fourth-order valence-corrected chi connectivity index (χ4v) is 4.83. The molecule has 3 rings (SSSR count). The summed E-state index contributed by atoms with van der Waals surface area (Å²) in [6, 6.07) is 11.3. The Kier molecular flexibility index (Phi) is 10.2. The van der Waals surface area contributed by atoms with E-state index >= 15 is 0 Å². The van der Waals surface area contributed by atoms with Gasteiger partial charge in [-0.1, -0.05) is 56.5 Å². The van der Waals surface area contributed by atoms with Crippen LogP contribution in [0.2, 0.25) is 5.02 Å². The highest BCUT2D eigenvalue weighted by Crippen LogP contribution is 2.41. The zero-order chi connectivity index (χ0) is 26.9. The molecule has 2 aromatic carbocycles. The van der Waals surface area contributed by atoms with E-state index in [0.29, 0.717) is 23.6 Å². The summed E-state index contributed by atoms with van der Waals surface area (Å²) in [7, 11) is 0. The van der Waals surface area contributed by atoms with Crippen molar-refractivity contribution in [3.05, 3.63) is 80.4 Å². The molecule has 1 aliphatic heterocycles. The number of likely N-dealkylation sites (tertiary alicyclic amines) is 1. The first-order valence-corrected chi connectivity index (χ1v) is 13.2. The van der Waals surface area contributed by atoms with Crippen LogP contribution < -0.4 is 0 Å². The van der Waals surface area contributed by atoms with Crippen LogP contribution in [0.25, 0.3) is 5.76 Å². The van der Waals surface area contributed by atoms with Gasteiger partial charge in [0.05, 0.1) is 16.5 Å². The Labute approximate surface area is 222 Å². The van der Waals surface area contributed by atoms with Crippen LogP contribution >= 0.6 is 11.6 Å². The third-order valence-electron chi connectivity index (χ3n) is 6.62. The average Bonchev–Trinajstić information content (AvgIpc) is 3.14. The molecule has 0 aromatic heterocycles. The molecule has 0 radical (unpaired) electrons. The lowest BCUT2D eigenvalue weighted by molar-refractivity contribution is -0.384. The summed E-state index contributed by atoms with van der Waals surface area (Å²) in [5.41, 5.74) is 0.544. The van der Waals surface area contributed by atoms with E-state index in [9.17, 15) is 24.8 Å². The molecule has 1 amide bonds. The minimum absolute atomic E-state index is 0.0687. The molecule has 1 aliphatic rings. The molecular formula is C28H34ClN3O5. The number of carbonyl (C=O) groups excluding carboxylic acids is 2. The first-order chi connectivity index (χ1) is 17.8. The molecule has 1 N–H and O–H groups in total. The smallest absolute Gasteiger partial charge is 0.295 e. The zero-order valence-electron chi connectivity index (χ0n) is 21.4. The standard InChI is InChI=1S/C28H34ClN3O5/c1-3-5-16-30(17-6-4-2)18-9-19-31-25(22-10-7-8-11-23(22)29)24(27(34)28(31)35)26(33)20-12-14-21(15-13-20)32(36)37/h7-8,10-15,25,33H,3-6,9,16-19H2,1-2H3/t25-/m0/s1. The number of ketones is 1. The number of nitrogens with zero attached hydrogens (tertiary/aromatic N) is 3. The summed E-state index contributed by atoms with van der Waals surface area (Å²) in [5, 5.41) is 22.5. The summed E-state index contributed by atoms with van der Waals surface area (Å²) in [5.74, 6) is -1.87. The lowest BCUT2D eigenvalue weighted by atomic mass is 9.95. The highest BCUT2D eigenvalue weighted by Gasteiger charge is 2.46. The van der Waals surface area contributed by atoms with Gasteiger partial charge in [0.2, 0.25) is 0 Å². The maximum atomic E-state index is 13.2. The first-order valence-electron chi connectivity index (χ1n) is 12.8. The molecule has 8 nitrogen and oxygen atoms in total. The number of aliphatic hydroxyl groups is 1. The predicted octanol–water partition coefficient (Wildman–Crippen LogP) is 5.96. The summed E-state index contributed by atoms with van der Waals surface area (Å²) >= 11 is 6.50. The van der Waals surface area contributed by atoms with Crippen molar-refractivity contribution in [1.82, 2.24) is 9.80 Å². The normalized spacial score (nSPS) is 17.1. The maximum absolute atomic E-state index is 13.2. The minimum atomic E-state index is -0.858. The van der Waals surface area contributed by atoms with Crippen LogP contribution in [0.4, 0.5) is 5.69 Å².